The first kappa shape index (κ1) is 29.5. The SMILES string of the molecule is COc1ccc(Cn2ncc(NC(C)COCc3nc(C4CCN(c5nccs5)CC4)no3)c(C(F)(F)F)c2=O)cc1. The number of hydrogen-bond acceptors (Lipinski definition) is 11. The number of nitrogens with one attached hydrogen (secondary N) is 1. The van der Waals surface area contributed by atoms with Gasteiger partial charge in [0.15, 0.2) is 11.0 Å². The van der Waals surface area contributed by atoms with Gasteiger partial charge in [0.25, 0.3) is 11.4 Å². The van der Waals surface area contributed by atoms with E-state index >= 15 is 0 Å². The summed E-state index contributed by atoms with van der Waals surface area (Å²) in [5.74, 6) is 1.67. The lowest BCUT2D eigenvalue weighted by molar-refractivity contribution is -0.138. The molecule has 5 rings (SSSR count). The molecule has 1 aliphatic rings. The van der Waals surface area contributed by atoms with Gasteiger partial charge in [-0.15, -0.1) is 11.3 Å². The maximum absolute atomic E-state index is 13.9. The summed E-state index contributed by atoms with van der Waals surface area (Å²) < 4.78 is 58.6. The highest BCUT2D eigenvalue weighted by Gasteiger charge is 2.38. The highest BCUT2D eigenvalue weighted by molar-refractivity contribution is 7.13. The Morgan fingerprint density at radius 2 is 1.98 bits per heavy atom. The van der Waals surface area contributed by atoms with Crippen molar-refractivity contribution in [2.24, 2.45) is 0 Å². The molecule has 0 bridgehead atoms. The summed E-state index contributed by atoms with van der Waals surface area (Å²) in [6.07, 6.45) is -0.347. The molecule has 4 aromatic rings. The topological polar surface area (TPSA) is 120 Å². The van der Waals surface area contributed by atoms with Crippen molar-refractivity contribution >= 4 is 22.2 Å². The molecule has 11 nitrogen and oxygen atoms in total. The molecule has 1 unspecified atom stereocenters. The number of halogens is 3. The quantitative estimate of drug-likeness (QED) is 0.261. The number of thiazole rings is 1. The number of piperidine rings is 1. The molecule has 0 aliphatic carbocycles. The van der Waals surface area contributed by atoms with Crippen LogP contribution in [0.4, 0.5) is 24.0 Å². The fourth-order valence-corrected chi connectivity index (χ4v) is 5.41. The van der Waals surface area contributed by atoms with Crippen LogP contribution in [0.25, 0.3) is 0 Å². The molecular formula is C27H30F3N7O4S. The van der Waals surface area contributed by atoms with E-state index in [1.165, 1.54) is 7.11 Å². The van der Waals surface area contributed by atoms with Crippen LogP contribution in [0.15, 0.2) is 51.4 Å². The van der Waals surface area contributed by atoms with Gasteiger partial charge in [-0.25, -0.2) is 9.67 Å². The Morgan fingerprint density at radius 3 is 2.64 bits per heavy atom. The summed E-state index contributed by atoms with van der Waals surface area (Å²) in [6.45, 7) is 3.24. The zero-order chi connectivity index (χ0) is 29.7. The molecule has 1 fully saturated rings. The van der Waals surface area contributed by atoms with Gasteiger partial charge >= 0.3 is 6.18 Å². The van der Waals surface area contributed by atoms with E-state index in [9.17, 15) is 18.0 Å². The molecule has 15 heteroatoms. The standard InChI is InChI=1S/C27H30F3N7O4S/c1-17(15-40-16-22-34-24(35-41-22)19-7-10-36(11-8-19)26-31-9-12-42-26)33-21-13-32-37(25(38)23(21)27(28,29)30)14-18-3-5-20(39-2)6-4-18/h3-6,9,12-13,17,19,33H,7-8,10-11,14-16H2,1-2H3. The first-order valence-electron chi connectivity index (χ1n) is 13.3. The average Bonchev–Trinajstić information content (AvgIpc) is 3.67. The molecule has 224 valence electrons. The second-order valence-electron chi connectivity index (χ2n) is 9.92. The zero-order valence-corrected chi connectivity index (χ0v) is 23.8. The van der Waals surface area contributed by atoms with Gasteiger partial charge in [-0.05, 0) is 37.5 Å². The number of alkyl halides is 3. The van der Waals surface area contributed by atoms with E-state index in [2.05, 4.69) is 30.4 Å². The van der Waals surface area contributed by atoms with Crippen LogP contribution >= 0.6 is 11.3 Å². The van der Waals surface area contributed by atoms with Crippen LogP contribution in [0.3, 0.4) is 0 Å². The second-order valence-corrected chi connectivity index (χ2v) is 10.8. The third kappa shape index (κ3) is 7.07. The molecule has 0 amide bonds. The van der Waals surface area contributed by atoms with E-state index < -0.39 is 29.0 Å². The number of ether oxygens (including phenoxy) is 2. The minimum absolute atomic E-state index is 0.00478. The normalized spacial score (nSPS) is 15.1. The van der Waals surface area contributed by atoms with Crippen LogP contribution in [-0.2, 0) is 24.1 Å². The fourth-order valence-electron chi connectivity index (χ4n) is 4.71. The number of benzene rings is 1. The molecule has 1 atom stereocenters. The van der Waals surface area contributed by atoms with Gasteiger partial charge in [0, 0.05) is 36.6 Å². The van der Waals surface area contributed by atoms with Gasteiger partial charge in [0.05, 0.1) is 32.1 Å². The molecule has 0 radical (unpaired) electrons. The first-order valence-corrected chi connectivity index (χ1v) is 14.2. The minimum atomic E-state index is -4.89. The second kappa shape index (κ2) is 12.9. The minimum Gasteiger partial charge on any atom is -0.497 e. The monoisotopic (exact) mass is 605 g/mol. The van der Waals surface area contributed by atoms with Crippen LogP contribution in [0, 0.1) is 0 Å². The Hall–Kier alpha value is -3.98. The third-order valence-corrected chi connectivity index (χ3v) is 7.68. The Morgan fingerprint density at radius 1 is 1.21 bits per heavy atom. The lowest BCUT2D eigenvalue weighted by atomic mass is 9.96. The molecule has 3 aromatic heterocycles. The molecular weight excluding hydrogens is 575 g/mol. The van der Waals surface area contributed by atoms with Crippen LogP contribution in [0.5, 0.6) is 5.75 Å². The number of nitrogens with zero attached hydrogens (tertiary/aromatic N) is 6. The summed E-state index contributed by atoms with van der Waals surface area (Å²) in [4.78, 5) is 23.8. The average molecular weight is 606 g/mol. The van der Waals surface area contributed by atoms with Crippen LogP contribution in [-0.4, -0.2) is 57.8 Å². The molecule has 1 N–H and O–H groups in total. The maximum Gasteiger partial charge on any atom is 0.423 e. The zero-order valence-electron chi connectivity index (χ0n) is 23.0. The highest BCUT2D eigenvalue weighted by atomic mass is 32.1. The lowest BCUT2D eigenvalue weighted by Crippen LogP contribution is -2.34. The lowest BCUT2D eigenvalue weighted by Gasteiger charge is -2.30. The van der Waals surface area contributed by atoms with Gasteiger partial charge in [-0.2, -0.15) is 23.3 Å². The predicted octanol–water partition coefficient (Wildman–Crippen LogP) is 4.56. The molecule has 1 aromatic carbocycles. The van der Waals surface area contributed by atoms with Crippen molar-refractivity contribution in [2.75, 3.05) is 37.0 Å². The Kier molecular flexibility index (Phi) is 9.06. The number of methoxy groups -OCH3 is 1. The number of aromatic nitrogens is 5. The molecule has 0 spiro atoms. The van der Waals surface area contributed by atoms with Gasteiger partial charge in [-0.3, -0.25) is 4.79 Å². The van der Waals surface area contributed by atoms with E-state index in [4.69, 9.17) is 14.0 Å². The molecule has 1 aliphatic heterocycles. The van der Waals surface area contributed by atoms with E-state index in [0.717, 1.165) is 41.9 Å². The van der Waals surface area contributed by atoms with Crippen LogP contribution in [0.1, 0.15) is 48.5 Å². The Bertz CT molecular complexity index is 1500. The van der Waals surface area contributed by atoms with Crippen molar-refractivity contribution in [3.05, 3.63) is 75.2 Å². The van der Waals surface area contributed by atoms with Gasteiger partial charge in [0.1, 0.15) is 17.9 Å². The first-order chi connectivity index (χ1) is 20.2. The summed E-state index contributed by atoms with van der Waals surface area (Å²) in [5, 5.41) is 13.7. The number of rotatable bonds is 11. The van der Waals surface area contributed by atoms with Crippen molar-refractivity contribution in [1.82, 2.24) is 24.9 Å². The van der Waals surface area contributed by atoms with E-state index in [0.29, 0.717) is 23.0 Å². The van der Waals surface area contributed by atoms with Crippen molar-refractivity contribution < 1.29 is 27.2 Å². The third-order valence-electron chi connectivity index (χ3n) is 6.85. The largest absolute Gasteiger partial charge is 0.497 e. The summed E-state index contributed by atoms with van der Waals surface area (Å²) >= 11 is 1.61. The van der Waals surface area contributed by atoms with Crippen LogP contribution in [0.2, 0.25) is 0 Å². The van der Waals surface area contributed by atoms with E-state index in [1.807, 2.05) is 5.38 Å². The highest BCUT2D eigenvalue weighted by Crippen LogP contribution is 2.32. The predicted molar refractivity (Wildman–Crippen MR) is 149 cm³/mol. The molecule has 4 heterocycles. The van der Waals surface area contributed by atoms with E-state index in [1.54, 1.807) is 48.7 Å². The van der Waals surface area contributed by atoms with Crippen molar-refractivity contribution in [1.29, 1.82) is 0 Å². The Labute approximate surface area is 243 Å². The smallest absolute Gasteiger partial charge is 0.423 e. The molecule has 1 saturated heterocycles. The molecule has 0 saturated carbocycles. The summed E-state index contributed by atoms with van der Waals surface area (Å²) in [6, 6.07) is 6.05. The summed E-state index contributed by atoms with van der Waals surface area (Å²) in [7, 11) is 1.51. The van der Waals surface area contributed by atoms with Crippen molar-refractivity contribution in [3.8, 4) is 5.75 Å². The summed E-state index contributed by atoms with van der Waals surface area (Å²) in [5.41, 5.74) is -2.38. The Balaban J connectivity index is 1.15. The van der Waals surface area contributed by atoms with Gasteiger partial charge < -0.3 is 24.2 Å². The molecule has 42 heavy (non-hydrogen) atoms. The van der Waals surface area contributed by atoms with Crippen LogP contribution < -0.4 is 20.5 Å². The number of hydrogen-bond donors (Lipinski definition) is 1. The van der Waals surface area contributed by atoms with Gasteiger partial charge in [-0.1, -0.05) is 17.3 Å². The maximum atomic E-state index is 13.9. The fraction of sp³-hybridized carbons (Fsp3) is 0.444. The van der Waals surface area contributed by atoms with Gasteiger partial charge in [0.2, 0.25) is 0 Å². The van der Waals surface area contributed by atoms with Crippen molar-refractivity contribution in [3.63, 3.8) is 0 Å². The van der Waals surface area contributed by atoms with Crippen molar-refractivity contribution in [2.45, 2.75) is 51.1 Å². The van der Waals surface area contributed by atoms with E-state index in [-0.39, 0.29) is 25.7 Å². The number of anilines is 2.